The molecular weight excluding hydrogens is 356 g/mol. The van der Waals surface area contributed by atoms with Crippen LogP contribution >= 0.6 is 0 Å². The molecule has 2 fully saturated rings. The van der Waals surface area contributed by atoms with E-state index in [9.17, 15) is 13.2 Å². The van der Waals surface area contributed by atoms with Crippen LogP contribution in [0.25, 0.3) is 0 Å². The number of carbonyl (C=O) groups is 1. The molecule has 3 rings (SSSR count). The molecule has 1 amide bonds. The molecule has 1 unspecified atom stereocenters. The first-order chi connectivity index (χ1) is 12.4. The fourth-order valence-corrected chi connectivity index (χ4v) is 5.69. The number of amides is 1. The van der Waals surface area contributed by atoms with Crippen molar-refractivity contribution >= 4 is 15.7 Å². The monoisotopic (exact) mass is 384 g/mol. The van der Waals surface area contributed by atoms with E-state index < -0.39 is 9.84 Å². The predicted molar refractivity (Wildman–Crippen MR) is 96.2 cm³/mol. The van der Waals surface area contributed by atoms with Gasteiger partial charge in [0, 0.05) is 18.5 Å². The van der Waals surface area contributed by atoms with Crippen molar-refractivity contribution in [2.24, 2.45) is 0 Å². The van der Waals surface area contributed by atoms with Crippen LogP contribution in [-0.4, -0.2) is 71.4 Å². The van der Waals surface area contributed by atoms with Gasteiger partial charge in [-0.1, -0.05) is 24.9 Å². The zero-order valence-corrected chi connectivity index (χ0v) is 16.4. The van der Waals surface area contributed by atoms with Crippen LogP contribution in [0.5, 0.6) is 0 Å². The fourth-order valence-electron chi connectivity index (χ4n) is 3.98. The van der Waals surface area contributed by atoms with Crippen molar-refractivity contribution in [2.45, 2.75) is 64.1 Å². The van der Waals surface area contributed by atoms with Gasteiger partial charge in [0.25, 0.3) is 0 Å². The normalized spacial score (nSPS) is 23.0. The summed E-state index contributed by atoms with van der Waals surface area (Å²) in [4.78, 5) is 21.0. The molecule has 0 bridgehead atoms. The van der Waals surface area contributed by atoms with Crippen molar-refractivity contribution in [2.75, 3.05) is 25.1 Å². The summed E-state index contributed by atoms with van der Waals surface area (Å²) >= 11 is 0. The summed E-state index contributed by atoms with van der Waals surface area (Å²) in [6, 6.07) is -0.0107. The molecule has 1 saturated carbocycles. The van der Waals surface area contributed by atoms with Gasteiger partial charge in [0.15, 0.2) is 15.7 Å². The van der Waals surface area contributed by atoms with Gasteiger partial charge >= 0.3 is 0 Å². The standard InChI is InChI=1S/C17H28N4O4S/c1-3-15-18-16(25-19-15)10-20(2)11-17(22)21(13-6-4-5-7-13)14-8-9-26(23,24)12-14/h13-14H,3-12H2,1-2H3. The molecule has 2 aliphatic rings. The summed E-state index contributed by atoms with van der Waals surface area (Å²) in [5.41, 5.74) is 0. The van der Waals surface area contributed by atoms with Crippen LogP contribution in [0, 0.1) is 0 Å². The number of hydrogen-bond donors (Lipinski definition) is 0. The zero-order chi connectivity index (χ0) is 18.7. The topological polar surface area (TPSA) is 96.6 Å². The summed E-state index contributed by atoms with van der Waals surface area (Å²) in [6.45, 7) is 2.58. The van der Waals surface area contributed by atoms with Gasteiger partial charge in [-0.2, -0.15) is 4.98 Å². The van der Waals surface area contributed by atoms with Crippen molar-refractivity contribution in [1.82, 2.24) is 19.9 Å². The molecule has 1 aliphatic carbocycles. The molecule has 1 aromatic heterocycles. The summed E-state index contributed by atoms with van der Waals surface area (Å²) < 4.78 is 29.0. The number of aryl methyl sites for hydroxylation is 1. The highest BCUT2D eigenvalue weighted by Gasteiger charge is 2.39. The van der Waals surface area contributed by atoms with E-state index in [4.69, 9.17) is 4.52 Å². The quantitative estimate of drug-likeness (QED) is 0.692. The molecule has 2 heterocycles. The second-order valence-electron chi connectivity index (χ2n) is 7.43. The van der Waals surface area contributed by atoms with Crippen LogP contribution < -0.4 is 0 Å². The lowest BCUT2D eigenvalue weighted by molar-refractivity contribution is -0.136. The average Bonchev–Trinajstić information content (AvgIpc) is 3.29. The van der Waals surface area contributed by atoms with Crippen molar-refractivity contribution in [3.63, 3.8) is 0 Å². The number of hydrogen-bond acceptors (Lipinski definition) is 7. The molecule has 0 spiro atoms. The maximum Gasteiger partial charge on any atom is 0.240 e. The van der Waals surface area contributed by atoms with E-state index >= 15 is 0 Å². The molecule has 1 aromatic rings. The fraction of sp³-hybridized carbons (Fsp3) is 0.824. The lowest BCUT2D eigenvalue weighted by atomic mass is 10.1. The molecule has 9 heteroatoms. The molecule has 1 saturated heterocycles. The highest BCUT2D eigenvalue weighted by Crippen LogP contribution is 2.29. The maximum absolute atomic E-state index is 13.0. The molecule has 1 aliphatic heterocycles. The van der Waals surface area contributed by atoms with Crippen LogP contribution in [0.4, 0.5) is 0 Å². The van der Waals surface area contributed by atoms with E-state index in [-0.39, 0.29) is 36.0 Å². The third-order valence-electron chi connectivity index (χ3n) is 5.24. The number of likely N-dealkylation sites (N-methyl/N-ethyl adjacent to an activating group) is 1. The van der Waals surface area contributed by atoms with E-state index in [0.29, 0.717) is 31.1 Å². The Morgan fingerprint density at radius 2 is 1.96 bits per heavy atom. The molecule has 8 nitrogen and oxygen atoms in total. The molecular formula is C17H28N4O4S. The van der Waals surface area contributed by atoms with Gasteiger partial charge in [-0.05, 0) is 26.3 Å². The first-order valence-electron chi connectivity index (χ1n) is 9.39. The van der Waals surface area contributed by atoms with Crippen LogP contribution in [-0.2, 0) is 27.6 Å². The van der Waals surface area contributed by atoms with Gasteiger partial charge in [0.1, 0.15) is 0 Å². The van der Waals surface area contributed by atoms with Gasteiger partial charge in [-0.15, -0.1) is 0 Å². The Labute approximate surface area is 154 Å². The molecule has 0 aromatic carbocycles. The number of nitrogens with zero attached hydrogens (tertiary/aromatic N) is 4. The first kappa shape index (κ1) is 19.3. The molecule has 0 radical (unpaired) electrons. The van der Waals surface area contributed by atoms with Gasteiger partial charge in [0.05, 0.1) is 24.6 Å². The van der Waals surface area contributed by atoms with Crippen LogP contribution in [0.1, 0.15) is 50.7 Å². The van der Waals surface area contributed by atoms with E-state index in [1.54, 1.807) is 0 Å². The van der Waals surface area contributed by atoms with Crippen LogP contribution in [0.2, 0.25) is 0 Å². The summed E-state index contributed by atoms with van der Waals surface area (Å²) in [5.74, 6) is 1.43. The third kappa shape index (κ3) is 4.62. The highest BCUT2D eigenvalue weighted by atomic mass is 32.2. The van der Waals surface area contributed by atoms with E-state index in [0.717, 1.165) is 25.7 Å². The Bertz CT molecular complexity index is 727. The van der Waals surface area contributed by atoms with Crippen LogP contribution in [0.15, 0.2) is 4.52 Å². The summed E-state index contributed by atoms with van der Waals surface area (Å²) in [5, 5.41) is 3.87. The Balaban J connectivity index is 1.64. The summed E-state index contributed by atoms with van der Waals surface area (Å²) in [7, 11) is -1.18. The predicted octanol–water partition coefficient (Wildman–Crippen LogP) is 1.02. The minimum Gasteiger partial charge on any atom is -0.338 e. The molecule has 26 heavy (non-hydrogen) atoms. The minimum absolute atomic E-state index is 0.00303. The SMILES string of the molecule is CCc1noc(CN(C)CC(=O)N(C2CCCC2)C2CCS(=O)(=O)C2)n1. The minimum atomic E-state index is -3.02. The number of aromatic nitrogens is 2. The Hall–Kier alpha value is -1.48. The Morgan fingerprint density at radius 3 is 2.54 bits per heavy atom. The molecule has 0 N–H and O–H groups in total. The Kier molecular flexibility index (Phi) is 5.96. The van der Waals surface area contributed by atoms with Crippen molar-refractivity contribution in [1.29, 1.82) is 0 Å². The van der Waals surface area contributed by atoms with E-state index in [1.165, 1.54) is 0 Å². The number of carbonyl (C=O) groups excluding carboxylic acids is 1. The molecule has 1 atom stereocenters. The van der Waals surface area contributed by atoms with Crippen molar-refractivity contribution < 1.29 is 17.7 Å². The Morgan fingerprint density at radius 1 is 1.23 bits per heavy atom. The number of sulfone groups is 1. The second kappa shape index (κ2) is 8.04. The van der Waals surface area contributed by atoms with Gasteiger partial charge in [0.2, 0.25) is 11.8 Å². The van der Waals surface area contributed by atoms with Crippen molar-refractivity contribution in [3.8, 4) is 0 Å². The maximum atomic E-state index is 13.0. The lowest BCUT2D eigenvalue weighted by Gasteiger charge is -2.35. The third-order valence-corrected chi connectivity index (χ3v) is 6.99. The highest BCUT2D eigenvalue weighted by molar-refractivity contribution is 7.91. The zero-order valence-electron chi connectivity index (χ0n) is 15.6. The van der Waals surface area contributed by atoms with E-state index in [1.807, 2.05) is 23.8 Å². The van der Waals surface area contributed by atoms with Crippen LogP contribution in [0.3, 0.4) is 0 Å². The first-order valence-corrected chi connectivity index (χ1v) is 11.2. The second-order valence-corrected chi connectivity index (χ2v) is 9.66. The van der Waals surface area contributed by atoms with Crippen molar-refractivity contribution in [3.05, 3.63) is 11.7 Å². The van der Waals surface area contributed by atoms with E-state index in [2.05, 4.69) is 10.1 Å². The molecule has 146 valence electrons. The summed E-state index contributed by atoms with van der Waals surface area (Å²) in [6.07, 6.45) is 5.40. The van der Waals surface area contributed by atoms with Gasteiger partial charge in [-0.3, -0.25) is 9.69 Å². The lowest BCUT2D eigenvalue weighted by Crippen LogP contribution is -2.50. The van der Waals surface area contributed by atoms with Gasteiger partial charge < -0.3 is 9.42 Å². The number of rotatable bonds is 7. The largest absolute Gasteiger partial charge is 0.338 e. The smallest absolute Gasteiger partial charge is 0.240 e. The average molecular weight is 385 g/mol. The van der Waals surface area contributed by atoms with Gasteiger partial charge in [-0.25, -0.2) is 8.42 Å².